The number of rotatable bonds is 2. The molecule has 0 unspecified atom stereocenters. The van der Waals surface area contributed by atoms with Crippen LogP contribution in [0.25, 0.3) is 11.3 Å². The molecule has 0 atom stereocenters. The summed E-state index contributed by atoms with van der Waals surface area (Å²) in [5.41, 5.74) is 8.49. The maximum Gasteiger partial charge on any atom is 1.00 e. The number of nitrogens with zero attached hydrogens (tertiary/aromatic N) is 3. The van der Waals surface area contributed by atoms with E-state index in [0.29, 0.717) is 12.5 Å². The molecule has 1 aliphatic rings. The molecular weight excluding hydrogens is 406 g/mol. The molecule has 1 N–H and O–H groups in total. The average Bonchev–Trinajstić information content (AvgIpc) is 2.80. The Balaban J connectivity index is 0.00000131. The Kier molecular flexibility index (Phi) is 7.63. The number of fused-ring (bicyclic) bond motifs is 3. The Morgan fingerprint density at radius 2 is 1.78 bits per heavy atom. The molecule has 0 amide bonds. The SMILES string of the molecule is C.CNc1nc(C)c2c(n1)-c1cc[c-]cc1C(c1ccccc1C)=NC2.[Rb+]. The fraction of sp³-hybridized carbons (Fsp3) is 0.227. The van der Waals surface area contributed by atoms with Crippen molar-refractivity contribution >= 4 is 11.7 Å². The summed E-state index contributed by atoms with van der Waals surface area (Å²) in [7, 11) is 1.84. The Hall–Kier alpha value is -1.20. The third-order valence-electron chi connectivity index (χ3n) is 4.61. The third-order valence-corrected chi connectivity index (χ3v) is 4.61. The van der Waals surface area contributed by atoms with Gasteiger partial charge in [-0.15, -0.1) is 0 Å². The van der Waals surface area contributed by atoms with Gasteiger partial charge in [0, 0.05) is 24.0 Å². The number of aromatic nitrogens is 2. The fourth-order valence-corrected chi connectivity index (χ4v) is 3.26. The van der Waals surface area contributed by atoms with Gasteiger partial charge < -0.3 is 5.32 Å². The molecule has 1 aromatic heterocycles. The van der Waals surface area contributed by atoms with Crippen molar-refractivity contribution in [2.45, 2.75) is 27.8 Å². The second-order valence-electron chi connectivity index (χ2n) is 6.16. The first kappa shape index (κ1) is 22.1. The fourth-order valence-electron chi connectivity index (χ4n) is 3.26. The van der Waals surface area contributed by atoms with Gasteiger partial charge in [-0.2, -0.15) is 24.3 Å². The van der Waals surface area contributed by atoms with Crippen LogP contribution in [0.3, 0.4) is 0 Å². The van der Waals surface area contributed by atoms with E-state index in [1.807, 2.05) is 26.1 Å². The molecule has 4 rings (SSSR count). The first-order chi connectivity index (χ1) is 12.2. The number of aryl methyl sites for hydroxylation is 2. The van der Waals surface area contributed by atoms with Crippen LogP contribution in [0.1, 0.15) is 35.4 Å². The molecule has 4 nitrogen and oxygen atoms in total. The summed E-state index contributed by atoms with van der Waals surface area (Å²) >= 11 is 0. The zero-order chi connectivity index (χ0) is 17.4. The van der Waals surface area contributed by atoms with Crippen LogP contribution in [0.2, 0.25) is 0 Å². The number of aliphatic imine (C=N–C) groups is 1. The van der Waals surface area contributed by atoms with E-state index in [0.717, 1.165) is 39.4 Å². The van der Waals surface area contributed by atoms with Crippen LogP contribution in [0.5, 0.6) is 0 Å². The van der Waals surface area contributed by atoms with E-state index in [1.165, 1.54) is 5.56 Å². The molecule has 0 spiro atoms. The quantitative estimate of drug-likeness (QED) is 0.631. The van der Waals surface area contributed by atoms with Crippen molar-refractivity contribution in [3.8, 4) is 11.3 Å². The van der Waals surface area contributed by atoms with E-state index in [9.17, 15) is 0 Å². The van der Waals surface area contributed by atoms with Crippen molar-refractivity contribution in [1.29, 1.82) is 0 Å². The van der Waals surface area contributed by atoms with Gasteiger partial charge in [0.1, 0.15) is 0 Å². The number of benzene rings is 2. The normalized spacial score (nSPS) is 11.7. The maximum atomic E-state index is 4.95. The number of hydrogen-bond acceptors (Lipinski definition) is 4. The minimum atomic E-state index is 0. The standard InChI is InChI=1S/C21H19N4.CH4.Rb/c1-13-8-4-5-9-15(13)19-16-10-6-7-11-17(16)20-18(12-23-19)14(2)24-21(22-3)25-20;;/h4-5,7-11H,12H2,1-3H3,(H,22,24,25);1H4;/q-1;;+1. The van der Waals surface area contributed by atoms with Crippen molar-refractivity contribution in [2.24, 2.45) is 4.99 Å². The summed E-state index contributed by atoms with van der Waals surface area (Å²) in [4.78, 5) is 14.2. The Morgan fingerprint density at radius 1 is 1.00 bits per heavy atom. The first-order valence-electron chi connectivity index (χ1n) is 8.35. The molecule has 0 fully saturated rings. The van der Waals surface area contributed by atoms with Gasteiger partial charge in [-0.1, -0.05) is 42.8 Å². The molecule has 3 aromatic rings. The Morgan fingerprint density at radius 3 is 2.52 bits per heavy atom. The van der Waals surface area contributed by atoms with Gasteiger partial charge in [-0.3, -0.25) is 4.99 Å². The van der Waals surface area contributed by atoms with E-state index in [1.54, 1.807) is 0 Å². The van der Waals surface area contributed by atoms with Crippen LogP contribution in [-0.2, 0) is 6.54 Å². The number of anilines is 1. The van der Waals surface area contributed by atoms with Crippen LogP contribution in [0.4, 0.5) is 5.95 Å². The van der Waals surface area contributed by atoms with E-state index >= 15 is 0 Å². The molecule has 1 aliphatic heterocycles. The van der Waals surface area contributed by atoms with E-state index in [-0.39, 0.29) is 65.6 Å². The minimum Gasteiger partial charge on any atom is -0.357 e. The van der Waals surface area contributed by atoms with Gasteiger partial charge in [0.2, 0.25) is 5.95 Å². The third kappa shape index (κ3) is 4.14. The Bertz CT molecular complexity index is 995. The summed E-state index contributed by atoms with van der Waals surface area (Å²) in [6, 6.07) is 17.6. The minimum absolute atomic E-state index is 0. The molecule has 2 aromatic carbocycles. The van der Waals surface area contributed by atoms with Gasteiger partial charge in [0.15, 0.2) is 0 Å². The van der Waals surface area contributed by atoms with Gasteiger partial charge in [-0.05, 0) is 25.0 Å². The Labute approximate surface area is 210 Å². The van der Waals surface area contributed by atoms with E-state index < -0.39 is 0 Å². The number of nitrogens with one attached hydrogen (secondary N) is 1. The van der Waals surface area contributed by atoms with Crippen LogP contribution >= 0.6 is 0 Å². The van der Waals surface area contributed by atoms with Crippen molar-refractivity contribution in [3.63, 3.8) is 0 Å². The largest absolute Gasteiger partial charge is 1.00 e. The van der Waals surface area contributed by atoms with Crippen LogP contribution in [-0.4, -0.2) is 22.7 Å². The molecule has 0 saturated heterocycles. The smallest absolute Gasteiger partial charge is 0.357 e. The van der Waals surface area contributed by atoms with Crippen molar-refractivity contribution in [1.82, 2.24) is 9.97 Å². The summed E-state index contributed by atoms with van der Waals surface area (Å²) in [6.45, 7) is 4.71. The first-order valence-corrected chi connectivity index (χ1v) is 8.35. The zero-order valence-corrected chi connectivity index (χ0v) is 20.5. The second kappa shape index (κ2) is 9.33. The molecule has 2 heterocycles. The van der Waals surface area contributed by atoms with Crippen LogP contribution < -0.4 is 63.5 Å². The van der Waals surface area contributed by atoms with Gasteiger partial charge in [-0.25, -0.2) is 9.97 Å². The van der Waals surface area contributed by atoms with Crippen molar-refractivity contribution in [2.75, 3.05) is 12.4 Å². The summed E-state index contributed by atoms with van der Waals surface area (Å²) in [5, 5.41) is 3.05. The molecule has 0 saturated carbocycles. The van der Waals surface area contributed by atoms with Crippen molar-refractivity contribution < 1.29 is 58.2 Å². The topological polar surface area (TPSA) is 50.2 Å². The zero-order valence-electron chi connectivity index (χ0n) is 15.6. The van der Waals surface area contributed by atoms with Gasteiger partial charge >= 0.3 is 58.2 Å². The molecule has 0 bridgehead atoms. The molecule has 0 aliphatic carbocycles. The van der Waals surface area contributed by atoms with Crippen LogP contribution in [0.15, 0.2) is 47.5 Å². The van der Waals surface area contributed by atoms with Crippen LogP contribution in [0, 0.1) is 19.9 Å². The molecular formula is C22H23N4Rb. The van der Waals surface area contributed by atoms with E-state index in [4.69, 9.17) is 9.98 Å². The molecule has 132 valence electrons. The predicted octanol–water partition coefficient (Wildman–Crippen LogP) is 1.59. The van der Waals surface area contributed by atoms with Crippen molar-refractivity contribution in [3.05, 3.63) is 76.5 Å². The molecule has 0 radical (unpaired) electrons. The van der Waals surface area contributed by atoms with E-state index in [2.05, 4.69) is 53.6 Å². The maximum absolute atomic E-state index is 4.95. The summed E-state index contributed by atoms with van der Waals surface area (Å²) in [5.74, 6) is 0.634. The summed E-state index contributed by atoms with van der Waals surface area (Å²) < 4.78 is 0. The summed E-state index contributed by atoms with van der Waals surface area (Å²) in [6.07, 6.45) is 0. The number of hydrogen-bond donors (Lipinski definition) is 1. The molecule has 5 heteroatoms. The second-order valence-corrected chi connectivity index (χ2v) is 6.16. The monoisotopic (exact) mass is 428 g/mol. The average molecular weight is 429 g/mol. The molecule has 27 heavy (non-hydrogen) atoms. The van der Waals surface area contributed by atoms with Gasteiger partial charge in [0.25, 0.3) is 0 Å². The predicted molar refractivity (Wildman–Crippen MR) is 108 cm³/mol. The van der Waals surface area contributed by atoms with Gasteiger partial charge in [0.05, 0.1) is 12.2 Å².